The Kier molecular flexibility index (Phi) is 4.94. The van der Waals surface area contributed by atoms with Crippen molar-refractivity contribution in [3.63, 3.8) is 0 Å². The summed E-state index contributed by atoms with van der Waals surface area (Å²) in [6, 6.07) is 0. The summed E-state index contributed by atoms with van der Waals surface area (Å²) in [6.45, 7) is -0.0597. The predicted molar refractivity (Wildman–Crippen MR) is 48.5 cm³/mol. The maximum absolute atomic E-state index is 11.9. The first-order valence-electron chi connectivity index (χ1n) is 4.70. The van der Waals surface area contributed by atoms with Crippen molar-refractivity contribution < 1.29 is 37.1 Å². The maximum atomic E-state index is 11.9. The Morgan fingerprint density at radius 1 is 1.29 bits per heavy atom. The molecule has 0 spiro atoms. The Morgan fingerprint density at radius 2 is 1.76 bits per heavy atom. The monoisotopic (exact) mass is 257 g/mol. The molecule has 8 heteroatoms. The standard InChI is InChI=1S/C9H14F3NO4/c1-13(2,3)5-6(4-7(14)15)17-8(16)9(10,11)12/h6H,4-5H2,1-3H3/t6-/m1/s1. The summed E-state index contributed by atoms with van der Waals surface area (Å²) in [5, 5.41) is 10.3. The number of nitrogens with zero attached hydrogens (tertiary/aromatic N) is 1. The van der Waals surface area contributed by atoms with Gasteiger partial charge in [0.25, 0.3) is 0 Å². The molecule has 0 aromatic rings. The largest absolute Gasteiger partial charge is 0.550 e. The van der Waals surface area contributed by atoms with Crippen LogP contribution in [0.5, 0.6) is 0 Å². The van der Waals surface area contributed by atoms with Crippen LogP contribution < -0.4 is 5.11 Å². The van der Waals surface area contributed by atoms with Crippen molar-refractivity contribution in [3.05, 3.63) is 0 Å². The lowest BCUT2D eigenvalue weighted by molar-refractivity contribution is -0.873. The van der Waals surface area contributed by atoms with E-state index >= 15 is 0 Å². The molecule has 0 saturated heterocycles. The normalized spacial score (nSPS) is 14.2. The lowest BCUT2D eigenvalue weighted by Gasteiger charge is -2.29. The molecule has 0 bridgehead atoms. The fourth-order valence-corrected chi connectivity index (χ4v) is 1.16. The first-order valence-corrected chi connectivity index (χ1v) is 4.70. The molecule has 0 saturated carbocycles. The highest BCUT2D eigenvalue weighted by atomic mass is 19.4. The fourth-order valence-electron chi connectivity index (χ4n) is 1.16. The number of hydrogen-bond donors (Lipinski definition) is 0. The molecule has 5 nitrogen and oxygen atoms in total. The summed E-state index contributed by atoms with van der Waals surface area (Å²) in [5.41, 5.74) is 0. The second-order valence-corrected chi connectivity index (χ2v) is 4.57. The van der Waals surface area contributed by atoms with Gasteiger partial charge in [0, 0.05) is 12.4 Å². The van der Waals surface area contributed by atoms with Crippen LogP contribution in [0.15, 0.2) is 0 Å². The molecule has 0 unspecified atom stereocenters. The van der Waals surface area contributed by atoms with E-state index in [4.69, 9.17) is 0 Å². The van der Waals surface area contributed by atoms with Crippen molar-refractivity contribution in [2.45, 2.75) is 18.7 Å². The SMILES string of the molecule is C[N+](C)(C)C[C@@H](CC(=O)[O-])OC(=O)C(F)(F)F. The smallest absolute Gasteiger partial charge is 0.490 e. The zero-order valence-corrected chi connectivity index (χ0v) is 9.71. The van der Waals surface area contributed by atoms with Gasteiger partial charge in [0.1, 0.15) is 6.54 Å². The number of quaternary nitrogens is 1. The molecule has 0 aliphatic heterocycles. The molecule has 0 aliphatic carbocycles. The average Bonchev–Trinajstić information content (AvgIpc) is 1.96. The molecule has 0 fully saturated rings. The number of carbonyl (C=O) groups is 2. The van der Waals surface area contributed by atoms with Crippen molar-refractivity contribution in [2.75, 3.05) is 27.7 Å². The van der Waals surface area contributed by atoms with Gasteiger partial charge in [-0.05, 0) is 0 Å². The number of ether oxygens (including phenoxy) is 1. The van der Waals surface area contributed by atoms with E-state index in [0.717, 1.165) is 0 Å². The highest BCUT2D eigenvalue weighted by Gasteiger charge is 2.42. The molecule has 0 rings (SSSR count). The molecular weight excluding hydrogens is 243 g/mol. The number of likely N-dealkylation sites (N-methyl/N-ethyl adjacent to an activating group) is 1. The van der Waals surface area contributed by atoms with E-state index in [-0.39, 0.29) is 11.0 Å². The van der Waals surface area contributed by atoms with Gasteiger partial charge in [0.15, 0.2) is 6.10 Å². The molecule has 0 amide bonds. The third-order valence-electron chi connectivity index (χ3n) is 1.65. The minimum absolute atomic E-state index is 0.0597. The number of hydrogen-bond acceptors (Lipinski definition) is 4. The highest BCUT2D eigenvalue weighted by molar-refractivity contribution is 5.76. The second kappa shape index (κ2) is 5.35. The number of carboxylic acid groups (broad SMARTS) is 1. The van der Waals surface area contributed by atoms with Crippen LogP contribution in [0.25, 0.3) is 0 Å². The third-order valence-corrected chi connectivity index (χ3v) is 1.65. The maximum Gasteiger partial charge on any atom is 0.490 e. The van der Waals surface area contributed by atoms with E-state index in [9.17, 15) is 27.9 Å². The van der Waals surface area contributed by atoms with Gasteiger partial charge < -0.3 is 19.1 Å². The Morgan fingerprint density at radius 3 is 2.06 bits per heavy atom. The first-order chi connectivity index (χ1) is 7.42. The van der Waals surface area contributed by atoms with Gasteiger partial charge in [0.2, 0.25) is 0 Å². The van der Waals surface area contributed by atoms with Gasteiger partial charge in [-0.25, -0.2) is 4.79 Å². The second-order valence-electron chi connectivity index (χ2n) is 4.57. The van der Waals surface area contributed by atoms with Gasteiger partial charge in [-0.2, -0.15) is 13.2 Å². The number of alkyl halides is 3. The Balaban J connectivity index is 4.60. The molecule has 0 heterocycles. The number of esters is 1. The van der Waals surface area contributed by atoms with Crippen LogP contribution in [0.4, 0.5) is 13.2 Å². The lowest BCUT2D eigenvalue weighted by Crippen LogP contribution is -2.46. The minimum Gasteiger partial charge on any atom is -0.550 e. The van der Waals surface area contributed by atoms with Crippen LogP contribution in [0.2, 0.25) is 0 Å². The average molecular weight is 257 g/mol. The summed E-state index contributed by atoms with van der Waals surface area (Å²) < 4.78 is 40.1. The van der Waals surface area contributed by atoms with Gasteiger partial charge in [-0.15, -0.1) is 0 Å². The summed E-state index contributed by atoms with van der Waals surface area (Å²) in [4.78, 5) is 20.9. The van der Waals surface area contributed by atoms with Crippen LogP contribution in [0.3, 0.4) is 0 Å². The number of aliphatic carboxylic acids is 1. The molecule has 0 radical (unpaired) electrons. The minimum atomic E-state index is -5.13. The van der Waals surface area contributed by atoms with E-state index < -0.39 is 30.6 Å². The predicted octanol–water partition coefficient (Wildman–Crippen LogP) is -0.693. The number of carbonyl (C=O) groups excluding carboxylic acids is 2. The van der Waals surface area contributed by atoms with E-state index in [2.05, 4.69) is 4.74 Å². The molecule has 0 aromatic heterocycles. The molecular formula is C9H14F3NO4. The molecule has 0 aromatic carbocycles. The van der Waals surface area contributed by atoms with Gasteiger partial charge in [-0.3, -0.25) is 0 Å². The highest BCUT2D eigenvalue weighted by Crippen LogP contribution is 2.18. The van der Waals surface area contributed by atoms with E-state index in [0.29, 0.717) is 0 Å². The van der Waals surface area contributed by atoms with E-state index in [1.807, 2.05) is 0 Å². The number of halogens is 3. The van der Waals surface area contributed by atoms with Crippen molar-refractivity contribution in [2.24, 2.45) is 0 Å². The zero-order chi connectivity index (χ0) is 13.9. The fraction of sp³-hybridized carbons (Fsp3) is 0.778. The van der Waals surface area contributed by atoms with Crippen molar-refractivity contribution in [1.29, 1.82) is 0 Å². The van der Waals surface area contributed by atoms with E-state index in [1.54, 1.807) is 21.1 Å². The van der Waals surface area contributed by atoms with Crippen LogP contribution in [-0.4, -0.2) is 56.4 Å². The van der Waals surface area contributed by atoms with Crippen molar-refractivity contribution in [1.82, 2.24) is 0 Å². The number of rotatable bonds is 5. The Labute approximate surface area is 96.4 Å². The van der Waals surface area contributed by atoms with Crippen LogP contribution in [0.1, 0.15) is 6.42 Å². The summed E-state index contributed by atoms with van der Waals surface area (Å²) >= 11 is 0. The Hall–Kier alpha value is -1.31. The molecule has 17 heavy (non-hydrogen) atoms. The molecule has 100 valence electrons. The summed E-state index contributed by atoms with van der Waals surface area (Å²) in [7, 11) is 4.89. The van der Waals surface area contributed by atoms with Crippen LogP contribution >= 0.6 is 0 Å². The van der Waals surface area contributed by atoms with Crippen molar-refractivity contribution in [3.8, 4) is 0 Å². The van der Waals surface area contributed by atoms with Crippen LogP contribution in [0, 0.1) is 0 Å². The molecule has 1 atom stereocenters. The van der Waals surface area contributed by atoms with Gasteiger partial charge in [0.05, 0.1) is 21.1 Å². The van der Waals surface area contributed by atoms with Gasteiger partial charge >= 0.3 is 12.1 Å². The summed E-state index contributed by atoms with van der Waals surface area (Å²) in [5.74, 6) is -3.96. The first kappa shape index (κ1) is 15.7. The van der Waals surface area contributed by atoms with Gasteiger partial charge in [-0.1, -0.05) is 0 Å². The Bertz CT molecular complexity index is 296. The zero-order valence-electron chi connectivity index (χ0n) is 9.71. The number of carboxylic acids is 1. The lowest BCUT2D eigenvalue weighted by atomic mass is 10.2. The quantitative estimate of drug-likeness (QED) is 0.483. The summed E-state index contributed by atoms with van der Waals surface area (Å²) in [6.07, 6.45) is -7.26. The molecule has 0 aliphatic rings. The van der Waals surface area contributed by atoms with Crippen molar-refractivity contribution >= 4 is 11.9 Å². The topological polar surface area (TPSA) is 66.4 Å². The van der Waals surface area contributed by atoms with E-state index in [1.165, 1.54) is 0 Å². The van der Waals surface area contributed by atoms with Crippen LogP contribution in [-0.2, 0) is 14.3 Å². The molecule has 0 N–H and O–H groups in total. The third kappa shape index (κ3) is 7.56.